The van der Waals surface area contributed by atoms with Crippen LogP contribution in [0.25, 0.3) is 0 Å². The van der Waals surface area contributed by atoms with Crippen LogP contribution in [0.15, 0.2) is 77.5 Å². The van der Waals surface area contributed by atoms with Gasteiger partial charge in [0.15, 0.2) is 0 Å². The van der Waals surface area contributed by atoms with Gasteiger partial charge in [-0.2, -0.15) is 0 Å². The van der Waals surface area contributed by atoms with E-state index >= 15 is 0 Å². The van der Waals surface area contributed by atoms with Crippen molar-refractivity contribution in [2.45, 2.75) is 27.2 Å². The number of benzene rings is 3. The van der Waals surface area contributed by atoms with Crippen molar-refractivity contribution < 1.29 is 19.1 Å². The Labute approximate surface area is 214 Å². The second kappa shape index (κ2) is 10.7. The van der Waals surface area contributed by atoms with Gasteiger partial charge in [-0.15, -0.1) is 0 Å². The first kappa shape index (κ1) is 25.0. The lowest BCUT2D eigenvalue weighted by Gasteiger charge is -2.15. The quantitative estimate of drug-likeness (QED) is 0.406. The van der Waals surface area contributed by atoms with Gasteiger partial charge in [-0.05, 0) is 86.0 Å². The Kier molecular flexibility index (Phi) is 7.41. The fourth-order valence-electron chi connectivity index (χ4n) is 3.76. The zero-order chi connectivity index (χ0) is 25.8. The molecule has 4 rings (SSSR count). The zero-order valence-corrected chi connectivity index (χ0v) is 21.0. The monoisotopic (exact) mass is 503 g/mol. The Bertz CT molecular complexity index is 1350. The van der Waals surface area contributed by atoms with E-state index in [0.29, 0.717) is 23.7 Å². The third-order valence-corrected chi connectivity index (χ3v) is 6.16. The van der Waals surface area contributed by atoms with Crippen LogP contribution in [0.3, 0.4) is 0 Å². The summed E-state index contributed by atoms with van der Waals surface area (Å²) in [6, 6.07) is 19.4. The number of rotatable bonds is 8. The molecule has 36 heavy (non-hydrogen) atoms. The van der Waals surface area contributed by atoms with Crippen LogP contribution in [0.5, 0.6) is 5.75 Å². The molecule has 0 spiro atoms. The molecule has 0 aromatic heterocycles. The Morgan fingerprint density at radius 1 is 0.889 bits per heavy atom. The fraction of sp³-hybridized carbons (Fsp3) is 0.179. The molecular formula is C28H26ClN3O4. The van der Waals surface area contributed by atoms with Gasteiger partial charge < -0.3 is 15.4 Å². The summed E-state index contributed by atoms with van der Waals surface area (Å²) < 4.78 is 5.41. The predicted octanol–water partition coefficient (Wildman–Crippen LogP) is 5.32. The first-order valence-corrected chi connectivity index (χ1v) is 11.9. The van der Waals surface area contributed by atoms with Crippen molar-refractivity contribution in [2.75, 3.05) is 22.1 Å². The molecule has 2 N–H and O–H groups in total. The van der Waals surface area contributed by atoms with Crippen LogP contribution in [0.4, 0.5) is 17.1 Å². The molecule has 8 heteroatoms. The fourth-order valence-corrected chi connectivity index (χ4v) is 3.98. The molecule has 0 radical (unpaired) electrons. The Morgan fingerprint density at radius 2 is 1.56 bits per heavy atom. The smallest absolute Gasteiger partial charge is 0.283 e. The summed E-state index contributed by atoms with van der Waals surface area (Å²) in [5, 5.41) is 5.66. The lowest BCUT2D eigenvalue weighted by Crippen LogP contribution is -2.32. The maximum atomic E-state index is 13.0. The third kappa shape index (κ3) is 5.42. The van der Waals surface area contributed by atoms with Crippen molar-refractivity contribution in [3.05, 3.63) is 94.1 Å². The molecule has 0 bridgehead atoms. The summed E-state index contributed by atoms with van der Waals surface area (Å²) in [5.74, 6) is -0.647. The van der Waals surface area contributed by atoms with Gasteiger partial charge in [0.1, 0.15) is 16.5 Å². The van der Waals surface area contributed by atoms with Crippen molar-refractivity contribution in [3.63, 3.8) is 0 Å². The molecule has 0 atom stereocenters. The summed E-state index contributed by atoms with van der Waals surface area (Å²) in [7, 11) is 0. The Hall–Kier alpha value is -4.10. The molecule has 1 aliphatic rings. The number of imide groups is 1. The van der Waals surface area contributed by atoms with Crippen LogP contribution in [0.1, 0.15) is 23.6 Å². The summed E-state index contributed by atoms with van der Waals surface area (Å²) >= 11 is 6.22. The minimum Gasteiger partial charge on any atom is -0.494 e. The summed E-state index contributed by atoms with van der Waals surface area (Å²) in [5.41, 5.74) is 4.78. The largest absolute Gasteiger partial charge is 0.494 e. The molecule has 0 unspecified atom stereocenters. The molecule has 3 aromatic rings. The molecule has 1 aliphatic heterocycles. The van der Waals surface area contributed by atoms with Gasteiger partial charge in [-0.25, -0.2) is 4.90 Å². The van der Waals surface area contributed by atoms with Crippen LogP contribution in [-0.2, 0) is 20.8 Å². The average Bonchev–Trinajstić information content (AvgIpc) is 3.06. The van der Waals surface area contributed by atoms with Crippen LogP contribution in [0.2, 0.25) is 0 Å². The van der Waals surface area contributed by atoms with Gasteiger partial charge >= 0.3 is 0 Å². The molecule has 3 aromatic carbocycles. The second-order valence-electron chi connectivity index (χ2n) is 8.41. The zero-order valence-electron chi connectivity index (χ0n) is 20.2. The highest BCUT2D eigenvalue weighted by molar-refractivity contribution is 6.53. The average molecular weight is 504 g/mol. The molecule has 1 heterocycles. The van der Waals surface area contributed by atoms with E-state index in [1.165, 1.54) is 0 Å². The lowest BCUT2D eigenvalue weighted by molar-refractivity contribution is -0.120. The van der Waals surface area contributed by atoms with Gasteiger partial charge in [0, 0.05) is 11.4 Å². The number of carbonyl (C=O) groups excluding carboxylic acids is 3. The first-order valence-electron chi connectivity index (χ1n) is 11.5. The van der Waals surface area contributed by atoms with E-state index < -0.39 is 11.8 Å². The summed E-state index contributed by atoms with van der Waals surface area (Å²) in [6.07, 6.45) is 0.194. The van der Waals surface area contributed by atoms with E-state index in [2.05, 4.69) is 10.6 Å². The predicted molar refractivity (Wildman–Crippen MR) is 141 cm³/mol. The van der Waals surface area contributed by atoms with E-state index in [-0.39, 0.29) is 23.1 Å². The van der Waals surface area contributed by atoms with Crippen LogP contribution in [0, 0.1) is 13.8 Å². The molecule has 7 nitrogen and oxygen atoms in total. The van der Waals surface area contributed by atoms with Crippen molar-refractivity contribution in [1.29, 1.82) is 0 Å². The molecule has 0 fully saturated rings. The Balaban J connectivity index is 1.40. The van der Waals surface area contributed by atoms with Crippen molar-refractivity contribution in [1.82, 2.24) is 0 Å². The molecule has 0 saturated carbocycles. The number of ether oxygens (including phenoxy) is 1. The molecular weight excluding hydrogens is 478 g/mol. The van der Waals surface area contributed by atoms with E-state index in [1.54, 1.807) is 48.5 Å². The topological polar surface area (TPSA) is 87.7 Å². The number of anilines is 3. The van der Waals surface area contributed by atoms with Crippen molar-refractivity contribution >= 4 is 46.4 Å². The maximum Gasteiger partial charge on any atom is 0.283 e. The molecule has 184 valence electrons. The van der Waals surface area contributed by atoms with Gasteiger partial charge in [0.05, 0.1) is 18.7 Å². The van der Waals surface area contributed by atoms with Crippen molar-refractivity contribution in [3.8, 4) is 5.75 Å². The normalized spacial score (nSPS) is 13.3. The van der Waals surface area contributed by atoms with E-state index in [1.807, 2.05) is 39.0 Å². The number of aryl methyl sites for hydroxylation is 2. The third-order valence-electron chi connectivity index (χ3n) is 5.81. The first-order chi connectivity index (χ1) is 17.3. The number of halogens is 1. The second-order valence-corrected chi connectivity index (χ2v) is 8.79. The van der Waals surface area contributed by atoms with Crippen molar-refractivity contribution in [2.24, 2.45) is 0 Å². The highest BCUT2D eigenvalue weighted by Gasteiger charge is 2.38. The molecule has 0 saturated heterocycles. The number of hydrogen-bond acceptors (Lipinski definition) is 5. The molecule has 3 amide bonds. The lowest BCUT2D eigenvalue weighted by atomic mass is 10.1. The van der Waals surface area contributed by atoms with Gasteiger partial charge in [-0.3, -0.25) is 14.4 Å². The minimum absolute atomic E-state index is 0.00390. The molecule has 0 aliphatic carbocycles. The number of nitrogens with zero attached hydrogens (tertiary/aromatic N) is 1. The van der Waals surface area contributed by atoms with Crippen LogP contribution in [-0.4, -0.2) is 24.3 Å². The van der Waals surface area contributed by atoms with E-state index in [4.69, 9.17) is 16.3 Å². The van der Waals surface area contributed by atoms with Gasteiger partial charge in [-0.1, -0.05) is 29.8 Å². The van der Waals surface area contributed by atoms with Crippen LogP contribution >= 0.6 is 11.6 Å². The number of amides is 3. The number of hydrogen-bond donors (Lipinski definition) is 2. The standard InChI is InChI=1S/C28H26ClN3O4/c1-4-36-23-13-11-22(12-14-23)32-27(34)25(29)26(28(32)35)31-20-9-6-19(7-10-20)16-24(33)30-21-8-5-17(2)18(3)15-21/h5-15,31H,4,16H2,1-3H3,(H,30,33). The van der Waals surface area contributed by atoms with Crippen LogP contribution < -0.4 is 20.3 Å². The highest BCUT2D eigenvalue weighted by Crippen LogP contribution is 2.31. The SMILES string of the molecule is CCOc1ccc(N2C(=O)C(Cl)=C(Nc3ccc(CC(=O)Nc4ccc(C)c(C)c4)cc3)C2=O)cc1. The van der Waals surface area contributed by atoms with Gasteiger partial charge in [0.2, 0.25) is 5.91 Å². The minimum atomic E-state index is -0.604. The maximum absolute atomic E-state index is 13.0. The van der Waals surface area contributed by atoms with E-state index in [0.717, 1.165) is 27.3 Å². The highest BCUT2D eigenvalue weighted by atomic mass is 35.5. The summed E-state index contributed by atoms with van der Waals surface area (Å²) in [4.78, 5) is 39.1. The number of carbonyl (C=O) groups is 3. The van der Waals surface area contributed by atoms with E-state index in [9.17, 15) is 14.4 Å². The number of nitrogens with one attached hydrogen (secondary N) is 2. The Morgan fingerprint density at radius 3 is 2.19 bits per heavy atom. The van der Waals surface area contributed by atoms with Gasteiger partial charge in [0.25, 0.3) is 11.8 Å². The summed E-state index contributed by atoms with van der Waals surface area (Å²) in [6.45, 7) is 6.40.